The van der Waals surface area contributed by atoms with Crippen molar-refractivity contribution in [3.8, 4) is 5.88 Å². The number of nitrogens with zero attached hydrogens (tertiary/aromatic N) is 1. The molecule has 0 unspecified atom stereocenters. The normalized spacial score (nSPS) is 11.5. The van der Waals surface area contributed by atoms with Crippen LogP contribution in [0.25, 0.3) is 6.08 Å². The molecule has 32 heavy (non-hydrogen) atoms. The van der Waals surface area contributed by atoms with Gasteiger partial charge in [-0.15, -0.1) is 0 Å². The molecule has 0 aliphatic heterocycles. The summed E-state index contributed by atoms with van der Waals surface area (Å²) in [5, 5.41) is 3.93. The first-order valence-electron chi connectivity index (χ1n) is 10.1. The minimum atomic E-state index is -3.68. The van der Waals surface area contributed by atoms with Crippen LogP contribution in [-0.2, 0) is 16.6 Å². The number of benzene rings is 2. The van der Waals surface area contributed by atoms with Gasteiger partial charge in [-0.1, -0.05) is 36.4 Å². The molecule has 3 rings (SSSR count). The first-order chi connectivity index (χ1) is 15.3. The van der Waals surface area contributed by atoms with Crippen LogP contribution < -0.4 is 14.8 Å². The van der Waals surface area contributed by atoms with Crippen molar-refractivity contribution in [2.24, 2.45) is 0 Å². The van der Waals surface area contributed by atoms with E-state index in [1.54, 1.807) is 36.5 Å². The predicted octanol–water partition coefficient (Wildman–Crippen LogP) is 4.21. The average Bonchev–Trinajstić information content (AvgIpc) is 2.77. The Balaban J connectivity index is 1.59. The van der Waals surface area contributed by atoms with E-state index in [4.69, 9.17) is 4.74 Å². The van der Waals surface area contributed by atoms with E-state index in [1.807, 2.05) is 50.2 Å². The van der Waals surface area contributed by atoms with Gasteiger partial charge in [0.05, 0.1) is 11.5 Å². The van der Waals surface area contributed by atoms with Gasteiger partial charge in [0.15, 0.2) is 0 Å². The molecule has 0 atom stereocenters. The van der Waals surface area contributed by atoms with Gasteiger partial charge in [0.25, 0.3) is 15.9 Å². The number of anilines is 1. The van der Waals surface area contributed by atoms with E-state index < -0.39 is 10.0 Å². The molecule has 0 aliphatic rings. The highest BCUT2D eigenvalue weighted by Crippen LogP contribution is 2.17. The first-order valence-corrected chi connectivity index (χ1v) is 11.6. The van der Waals surface area contributed by atoms with Crippen LogP contribution >= 0.6 is 0 Å². The smallest absolute Gasteiger partial charge is 0.255 e. The highest BCUT2D eigenvalue weighted by atomic mass is 32.2. The zero-order valence-corrected chi connectivity index (χ0v) is 18.7. The van der Waals surface area contributed by atoms with E-state index in [1.165, 1.54) is 6.08 Å². The summed E-state index contributed by atoms with van der Waals surface area (Å²) in [4.78, 5) is 16.7. The highest BCUT2D eigenvalue weighted by molar-refractivity contribution is 7.95. The lowest BCUT2D eigenvalue weighted by atomic mass is 10.2. The van der Waals surface area contributed by atoms with Crippen molar-refractivity contribution >= 4 is 27.7 Å². The Morgan fingerprint density at radius 1 is 1.03 bits per heavy atom. The standard InChI is InChI=1S/C24H25N3O4S/c1-18(2)31-24-21(9-6-15-25-24)17-26-23(28)20-10-12-22(13-11-20)27-32(29,30)16-14-19-7-4-3-5-8-19/h3-16,18,27H,17H2,1-2H3,(H,26,28)/b16-14+. The maximum Gasteiger partial charge on any atom is 0.255 e. The van der Waals surface area contributed by atoms with E-state index in [0.717, 1.165) is 16.5 Å². The quantitative estimate of drug-likeness (QED) is 0.508. The van der Waals surface area contributed by atoms with E-state index in [-0.39, 0.29) is 18.6 Å². The Bertz CT molecular complexity index is 1180. The SMILES string of the molecule is CC(C)Oc1ncccc1CNC(=O)c1ccc(NS(=O)(=O)/C=C/c2ccccc2)cc1. The third-order valence-corrected chi connectivity index (χ3v) is 5.30. The van der Waals surface area contributed by atoms with Gasteiger partial charge in [-0.2, -0.15) is 0 Å². The minimum Gasteiger partial charge on any atom is -0.475 e. The van der Waals surface area contributed by atoms with Crippen LogP contribution in [0.2, 0.25) is 0 Å². The molecule has 2 aromatic carbocycles. The van der Waals surface area contributed by atoms with Crippen LogP contribution in [0.15, 0.2) is 78.3 Å². The van der Waals surface area contributed by atoms with Crippen LogP contribution in [0.4, 0.5) is 5.69 Å². The molecule has 0 spiro atoms. The van der Waals surface area contributed by atoms with Crippen molar-refractivity contribution in [1.29, 1.82) is 0 Å². The van der Waals surface area contributed by atoms with Gasteiger partial charge < -0.3 is 10.1 Å². The molecule has 7 nitrogen and oxygen atoms in total. The second-order valence-corrected chi connectivity index (χ2v) is 8.82. The summed E-state index contributed by atoms with van der Waals surface area (Å²) in [5.41, 5.74) is 2.31. The van der Waals surface area contributed by atoms with Crippen molar-refractivity contribution in [2.45, 2.75) is 26.5 Å². The molecular formula is C24H25N3O4S. The number of ether oxygens (including phenoxy) is 1. The molecule has 0 bridgehead atoms. The maximum atomic E-state index is 12.5. The maximum absolute atomic E-state index is 12.5. The van der Waals surface area contributed by atoms with Crippen molar-refractivity contribution in [1.82, 2.24) is 10.3 Å². The van der Waals surface area contributed by atoms with Gasteiger partial charge in [0, 0.05) is 29.6 Å². The second kappa shape index (κ2) is 10.6. The molecule has 0 aliphatic carbocycles. The van der Waals surface area contributed by atoms with Crippen LogP contribution in [0.1, 0.15) is 35.3 Å². The lowest BCUT2D eigenvalue weighted by Crippen LogP contribution is -2.23. The third-order valence-electron chi connectivity index (χ3n) is 4.28. The fraction of sp³-hybridized carbons (Fsp3) is 0.167. The zero-order chi connectivity index (χ0) is 23.0. The molecule has 0 saturated carbocycles. The van der Waals surface area contributed by atoms with Crippen LogP contribution in [-0.4, -0.2) is 25.4 Å². The molecule has 0 fully saturated rings. The van der Waals surface area contributed by atoms with E-state index in [0.29, 0.717) is 17.1 Å². The number of carbonyl (C=O) groups excluding carboxylic acids is 1. The summed E-state index contributed by atoms with van der Waals surface area (Å²) in [6.07, 6.45) is 3.12. The fourth-order valence-electron chi connectivity index (χ4n) is 2.79. The number of sulfonamides is 1. The number of carbonyl (C=O) groups is 1. The Kier molecular flexibility index (Phi) is 7.62. The molecule has 8 heteroatoms. The Morgan fingerprint density at radius 3 is 2.44 bits per heavy atom. The van der Waals surface area contributed by atoms with E-state index in [9.17, 15) is 13.2 Å². The van der Waals surface area contributed by atoms with E-state index >= 15 is 0 Å². The van der Waals surface area contributed by atoms with Gasteiger partial charge >= 0.3 is 0 Å². The molecule has 0 radical (unpaired) electrons. The summed E-state index contributed by atoms with van der Waals surface area (Å²) in [6.45, 7) is 4.07. The number of rotatable bonds is 9. The number of pyridine rings is 1. The number of nitrogens with one attached hydrogen (secondary N) is 2. The largest absolute Gasteiger partial charge is 0.475 e. The van der Waals surface area contributed by atoms with Crippen LogP contribution in [0.3, 0.4) is 0 Å². The zero-order valence-electron chi connectivity index (χ0n) is 17.9. The van der Waals surface area contributed by atoms with Crippen LogP contribution in [0.5, 0.6) is 5.88 Å². The molecule has 3 aromatic rings. The average molecular weight is 452 g/mol. The Morgan fingerprint density at radius 2 is 1.75 bits per heavy atom. The summed E-state index contributed by atoms with van der Waals surface area (Å²) < 4.78 is 32.7. The topological polar surface area (TPSA) is 97.4 Å². The number of hydrogen-bond acceptors (Lipinski definition) is 5. The second-order valence-electron chi connectivity index (χ2n) is 7.25. The molecule has 1 heterocycles. The summed E-state index contributed by atoms with van der Waals surface area (Å²) in [5.74, 6) is 0.193. The predicted molar refractivity (Wildman–Crippen MR) is 126 cm³/mol. The molecule has 1 aromatic heterocycles. The van der Waals surface area contributed by atoms with Gasteiger partial charge in [-0.25, -0.2) is 13.4 Å². The fourth-order valence-corrected chi connectivity index (χ4v) is 3.65. The van der Waals surface area contributed by atoms with Crippen molar-refractivity contribution in [3.05, 3.63) is 95.0 Å². The summed E-state index contributed by atoms with van der Waals surface area (Å²) >= 11 is 0. The van der Waals surface area contributed by atoms with Crippen LogP contribution in [0, 0.1) is 0 Å². The van der Waals surface area contributed by atoms with Crippen molar-refractivity contribution in [2.75, 3.05) is 4.72 Å². The summed E-state index contributed by atoms with van der Waals surface area (Å²) in [6, 6.07) is 19.0. The Hall–Kier alpha value is -3.65. The summed E-state index contributed by atoms with van der Waals surface area (Å²) in [7, 11) is -3.68. The van der Waals surface area contributed by atoms with Gasteiger partial charge in [-0.05, 0) is 55.8 Å². The third kappa shape index (κ3) is 6.95. The molecule has 0 saturated heterocycles. The number of amides is 1. The van der Waals surface area contributed by atoms with Gasteiger partial charge in [-0.3, -0.25) is 9.52 Å². The monoisotopic (exact) mass is 451 g/mol. The molecular weight excluding hydrogens is 426 g/mol. The molecule has 1 amide bonds. The van der Waals surface area contributed by atoms with Gasteiger partial charge in [0.1, 0.15) is 0 Å². The molecule has 166 valence electrons. The number of aromatic nitrogens is 1. The number of hydrogen-bond donors (Lipinski definition) is 2. The van der Waals surface area contributed by atoms with Crippen molar-refractivity contribution < 1.29 is 17.9 Å². The van der Waals surface area contributed by atoms with Gasteiger partial charge in [0.2, 0.25) is 5.88 Å². The first kappa shape index (κ1) is 23.0. The minimum absolute atomic E-state index is 0.0294. The lowest BCUT2D eigenvalue weighted by Gasteiger charge is -2.13. The lowest BCUT2D eigenvalue weighted by molar-refractivity contribution is 0.0950. The highest BCUT2D eigenvalue weighted by Gasteiger charge is 2.11. The molecule has 2 N–H and O–H groups in total. The van der Waals surface area contributed by atoms with E-state index in [2.05, 4.69) is 15.0 Å². The van der Waals surface area contributed by atoms with Crippen molar-refractivity contribution in [3.63, 3.8) is 0 Å². The Labute approximate surface area is 188 Å².